The van der Waals surface area contributed by atoms with Gasteiger partial charge in [0.25, 0.3) is 0 Å². The number of methoxy groups -OCH3 is 1. The van der Waals surface area contributed by atoms with Crippen molar-refractivity contribution in [3.05, 3.63) is 23.0 Å². The monoisotopic (exact) mass is 179 g/mol. The van der Waals surface area contributed by atoms with Gasteiger partial charge in [-0.2, -0.15) is 0 Å². The van der Waals surface area contributed by atoms with E-state index in [9.17, 15) is 0 Å². The minimum atomic E-state index is 1.09. The highest BCUT2D eigenvalue weighted by molar-refractivity contribution is 5.34. The zero-order chi connectivity index (χ0) is 9.26. The van der Waals surface area contributed by atoms with E-state index in [4.69, 9.17) is 4.74 Å². The van der Waals surface area contributed by atoms with E-state index < -0.39 is 0 Å². The van der Waals surface area contributed by atoms with Crippen LogP contribution < -0.4 is 0 Å². The Morgan fingerprint density at radius 3 is 2.92 bits per heavy atom. The molecule has 0 saturated carbocycles. The lowest BCUT2D eigenvalue weighted by molar-refractivity contribution is 0.268. The maximum absolute atomic E-state index is 5.28. The second kappa shape index (κ2) is 3.54. The molecule has 1 heterocycles. The average molecular weight is 179 g/mol. The lowest BCUT2D eigenvalue weighted by Crippen LogP contribution is -2.28. The van der Waals surface area contributed by atoms with Crippen molar-refractivity contribution in [1.82, 2.24) is 4.90 Å². The summed E-state index contributed by atoms with van der Waals surface area (Å²) >= 11 is 0. The molecule has 1 aliphatic heterocycles. The molecule has 0 saturated heterocycles. The van der Waals surface area contributed by atoms with Gasteiger partial charge in [-0.1, -0.05) is 5.57 Å². The van der Waals surface area contributed by atoms with Gasteiger partial charge >= 0.3 is 0 Å². The minimum Gasteiger partial charge on any atom is -0.501 e. The quantitative estimate of drug-likeness (QED) is 0.610. The standard InChI is InChI=1S/C11H17NO/c1-12-6-5-9-7-11(13-2)4-3-10(9)8-12/h7H,3-6,8H2,1-2H3. The van der Waals surface area contributed by atoms with Crippen LogP contribution in [0.3, 0.4) is 0 Å². The van der Waals surface area contributed by atoms with Crippen LogP contribution in [0.2, 0.25) is 0 Å². The van der Waals surface area contributed by atoms with E-state index in [1.54, 1.807) is 12.7 Å². The normalized spacial score (nSPS) is 24.0. The molecule has 0 spiro atoms. The number of rotatable bonds is 1. The molecule has 2 rings (SSSR count). The van der Waals surface area contributed by atoms with Gasteiger partial charge in [0, 0.05) is 19.5 Å². The van der Waals surface area contributed by atoms with E-state index in [1.807, 2.05) is 0 Å². The lowest BCUT2D eigenvalue weighted by Gasteiger charge is -2.29. The molecule has 72 valence electrons. The van der Waals surface area contributed by atoms with Gasteiger partial charge in [-0.3, -0.25) is 0 Å². The second-order valence-electron chi connectivity index (χ2n) is 3.93. The maximum atomic E-state index is 5.28. The molecule has 0 N–H and O–H groups in total. The highest BCUT2D eigenvalue weighted by Gasteiger charge is 2.19. The van der Waals surface area contributed by atoms with Crippen molar-refractivity contribution in [2.24, 2.45) is 0 Å². The van der Waals surface area contributed by atoms with Crippen molar-refractivity contribution in [3.63, 3.8) is 0 Å². The SMILES string of the molecule is COC1=CC2=C(CC1)CN(C)CC2. The van der Waals surface area contributed by atoms with Crippen LogP contribution in [-0.4, -0.2) is 32.1 Å². The third-order valence-corrected chi connectivity index (χ3v) is 2.95. The molecule has 2 nitrogen and oxygen atoms in total. The van der Waals surface area contributed by atoms with Gasteiger partial charge in [0.1, 0.15) is 0 Å². The number of hydrogen-bond acceptors (Lipinski definition) is 2. The second-order valence-corrected chi connectivity index (χ2v) is 3.93. The fraction of sp³-hybridized carbons (Fsp3) is 0.636. The summed E-state index contributed by atoms with van der Waals surface area (Å²) in [6, 6.07) is 0. The van der Waals surface area contributed by atoms with Gasteiger partial charge in [-0.15, -0.1) is 0 Å². The Morgan fingerprint density at radius 2 is 2.15 bits per heavy atom. The van der Waals surface area contributed by atoms with Crippen LogP contribution in [0, 0.1) is 0 Å². The number of ether oxygens (including phenoxy) is 1. The Hall–Kier alpha value is -0.760. The van der Waals surface area contributed by atoms with E-state index in [0.717, 1.165) is 18.7 Å². The van der Waals surface area contributed by atoms with Crippen LogP contribution in [-0.2, 0) is 4.74 Å². The predicted molar refractivity (Wildman–Crippen MR) is 53.5 cm³/mol. The molecule has 0 amide bonds. The van der Waals surface area contributed by atoms with Crippen molar-refractivity contribution < 1.29 is 4.74 Å². The third kappa shape index (κ3) is 1.78. The van der Waals surface area contributed by atoms with Crippen molar-refractivity contribution >= 4 is 0 Å². The first-order valence-electron chi connectivity index (χ1n) is 4.93. The largest absolute Gasteiger partial charge is 0.501 e. The molecule has 0 aromatic rings. The Kier molecular flexibility index (Phi) is 2.40. The predicted octanol–water partition coefficient (Wildman–Crippen LogP) is 1.94. The van der Waals surface area contributed by atoms with Crippen molar-refractivity contribution in [2.45, 2.75) is 19.3 Å². The molecule has 2 aliphatic rings. The fourth-order valence-corrected chi connectivity index (χ4v) is 2.11. The van der Waals surface area contributed by atoms with Gasteiger partial charge in [-0.25, -0.2) is 0 Å². The van der Waals surface area contributed by atoms with Crippen molar-refractivity contribution in [1.29, 1.82) is 0 Å². The fourth-order valence-electron chi connectivity index (χ4n) is 2.11. The topological polar surface area (TPSA) is 12.5 Å². The molecule has 1 aliphatic carbocycles. The van der Waals surface area contributed by atoms with Gasteiger partial charge in [0.2, 0.25) is 0 Å². The first-order chi connectivity index (χ1) is 6.29. The number of likely N-dealkylation sites (N-methyl/N-ethyl adjacent to an activating group) is 1. The zero-order valence-electron chi connectivity index (χ0n) is 8.47. The Labute approximate surface area is 79.9 Å². The van der Waals surface area contributed by atoms with Crippen LogP contribution >= 0.6 is 0 Å². The van der Waals surface area contributed by atoms with Crippen molar-refractivity contribution in [2.75, 3.05) is 27.2 Å². The zero-order valence-corrected chi connectivity index (χ0v) is 8.47. The summed E-state index contributed by atoms with van der Waals surface area (Å²) in [5.41, 5.74) is 3.15. The molecule has 0 bridgehead atoms. The summed E-state index contributed by atoms with van der Waals surface area (Å²) in [7, 11) is 3.96. The average Bonchev–Trinajstić information content (AvgIpc) is 2.17. The van der Waals surface area contributed by atoms with E-state index in [0.29, 0.717) is 0 Å². The van der Waals surface area contributed by atoms with Crippen LogP contribution in [0.5, 0.6) is 0 Å². The molecule has 2 heteroatoms. The molecule has 0 aromatic carbocycles. The molecule has 13 heavy (non-hydrogen) atoms. The van der Waals surface area contributed by atoms with E-state index in [1.165, 1.54) is 25.0 Å². The summed E-state index contributed by atoms with van der Waals surface area (Å²) < 4.78 is 5.28. The first-order valence-corrected chi connectivity index (χ1v) is 4.93. The third-order valence-electron chi connectivity index (χ3n) is 2.95. The minimum absolute atomic E-state index is 1.09. The Bertz CT molecular complexity index is 265. The summed E-state index contributed by atoms with van der Waals surface area (Å²) in [6.07, 6.45) is 5.72. The maximum Gasteiger partial charge on any atom is 0.0961 e. The van der Waals surface area contributed by atoms with Crippen molar-refractivity contribution in [3.8, 4) is 0 Å². The highest BCUT2D eigenvalue weighted by atomic mass is 16.5. The number of nitrogens with zero attached hydrogens (tertiary/aromatic N) is 1. The number of hydrogen-bond donors (Lipinski definition) is 0. The van der Waals surface area contributed by atoms with Crippen LogP contribution in [0.15, 0.2) is 23.0 Å². The van der Waals surface area contributed by atoms with Gasteiger partial charge in [-0.05, 0) is 31.5 Å². The van der Waals surface area contributed by atoms with Gasteiger partial charge in [0.05, 0.1) is 12.9 Å². The van der Waals surface area contributed by atoms with Gasteiger partial charge < -0.3 is 9.64 Å². The molecule has 0 aromatic heterocycles. The molecule has 0 fully saturated rings. The first kappa shape index (κ1) is 8.82. The molecular formula is C11H17NO. The Balaban J connectivity index is 2.18. The summed E-state index contributed by atoms with van der Waals surface area (Å²) in [4.78, 5) is 2.39. The Morgan fingerprint density at radius 1 is 1.31 bits per heavy atom. The summed E-state index contributed by atoms with van der Waals surface area (Å²) in [6.45, 7) is 2.34. The molecule has 0 atom stereocenters. The smallest absolute Gasteiger partial charge is 0.0961 e. The summed E-state index contributed by atoms with van der Waals surface area (Å²) in [5.74, 6) is 1.16. The molecular weight excluding hydrogens is 162 g/mol. The highest BCUT2D eigenvalue weighted by Crippen LogP contribution is 2.29. The van der Waals surface area contributed by atoms with E-state index in [-0.39, 0.29) is 0 Å². The molecule has 0 radical (unpaired) electrons. The number of allylic oxidation sites excluding steroid dienone is 2. The van der Waals surface area contributed by atoms with E-state index in [2.05, 4.69) is 18.0 Å². The lowest BCUT2D eigenvalue weighted by atomic mass is 9.91. The summed E-state index contributed by atoms with van der Waals surface area (Å²) in [5, 5.41) is 0. The van der Waals surface area contributed by atoms with Crippen LogP contribution in [0.1, 0.15) is 19.3 Å². The van der Waals surface area contributed by atoms with Crippen LogP contribution in [0.25, 0.3) is 0 Å². The van der Waals surface area contributed by atoms with Gasteiger partial charge in [0.15, 0.2) is 0 Å². The van der Waals surface area contributed by atoms with Crippen LogP contribution in [0.4, 0.5) is 0 Å². The van der Waals surface area contributed by atoms with E-state index >= 15 is 0 Å². The molecule has 0 unspecified atom stereocenters.